The second-order valence-corrected chi connectivity index (χ2v) is 11.1. The van der Waals surface area contributed by atoms with Crippen LogP contribution in [-0.4, -0.2) is 37.9 Å². The number of rotatable bonds is 21. The molecule has 238 valence electrons. The Morgan fingerprint density at radius 1 is 0.682 bits per heavy atom. The Bertz CT molecular complexity index is 1240. The number of esters is 2. The van der Waals surface area contributed by atoms with Crippen molar-refractivity contribution >= 4 is 11.9 Å². The van der Waals surface area contributed by atoms with Crippen LogP contribution < -0.4 is 9.47 Å². The summed E-state index contributed by atoms with van der Waals surface area (Å²) < 4.78 is 22.8. The number of carbonyl (C=O) groups excluding carboxylic acids is 2. The molecule has 0 fully saturated rings. The number of ether oxygens (including phenoxy) is 4. The average Bonchev–Trinajstić information content (AvgIpc) is 3.06. The fourth-order valence-electron chi connectivity index (χ4n) is 4.99. The first-order valence-corrected chi connectivity index (χ1v) is 16.5. The fraction of sp³-hybridized carbons (Fsp3) is 0.474. The maximum absolute atomic E-state index is 13.1. The molecular formula is C38H50O6. The van der Waals surface area contributed by atoms with Crippen molar-refractivity contribution in [2.45, 2.75) is 97.5 Å². The highest BCUT2D eigenvalue weighted by atomic mass is 16.6. The lowest BCUT2D eigenvalue weighted by Crippen LogP contribution is -2.21. The molecule has 0 radical (unpaired) electrons. The second-order valence-electron chi connectivity index (χ2n) is 11.1. The number of benzene rings is 3. The van der Waals surface area contributed by atoms with E-state index in [0.717, 1.165) is 30.4 Å². The summed E-state index contributed by atoms with van der Waals surface area (Å²) in [5.41, 5.74) is 2.74. The highest BCUT2D eigenvalue weighted by molar-refractivity contribution is 5.93. The lowest BCUT2D eigenvalue weighted by atomic mass is 10.0. The maximum atomic E-state index is 13.1. The molecule has 0 aliphatic rings. The minimum atomic E-state index is -0.494. The maximum Gasteiger partial charge on any atom is 0.343 e. The molecule has 0 N–H and O–H groups in total. The van der Waals surface area contributed by atoms with Crippen LogP contribution in [0, 0.1) is 0 Å². The van der Waals surface area contributed by atoms with Gasteiger partial charge in [-0.25, -0.2) is 9.59 Å². The van der Waals surface area contributed by atoms with Gasteiger partial charge in [0.2, 0.25) is 0 Å². The minimum Gasteiger partial charge on any atom is -0.493 e. The molecule has 0 unspecified atom stereocenters. The molecule has 44 heavy (non-hydrogen) atoms. The van der Waals surface area contributed by atoms with Gasteiger partial charge < -0.3 is 18.9 Å². The SMILES string of the molecule is CCCCCCCCCCCCOc1cc(C(=O)Oc2ccc(C(=O)OC[C@H](CC)OCC)cc2)ccc1-c1ccccc1. The van der Waals surface area contributed by atoms with E-state index in [9.17, 15) is 9.59 Å². The smallest absolute Gasteiger partial charge is 0.343 e. The van der Waals surface area contributed by atoms with Crippen LogP contribution >= 0.6 is 0 Å². The lowest BCUT2D eigenvalue weighted by molar-refractivity contribution is -0.00529. The predicted molar refractivity (Wildman–Crippen MR) is 177 cm³/mol. The van der Waals surface area contributed by atoms with Gasteiger partial charge in [-0.3, -0.25) is 0 Å². The zero-order chi connectivity index (χ0) is 31.4. The largest absolute Gasteiger partial charge is 0.493 e. The molecule has 0 aromatic heterocycles. The zero-order valence-corrected chi connectivity index (χ0v) is 26.9. The van der Waals surface area contributed by atoms with Crippen LogP contribution in [0.1, 0.15) is 112 Å². The van der Waals surface area contributed by atoms with Gasteiger partial charge >= 0.3 is 11.9 Å². The summed E-state index contributed by atoms with van der Waals surface area (Å²) >= 11 is 0. The van der Waals surface area contributed by atoms with Crippen LogP contribution in [0.2, 0.25) is 0 Å². The fourth-order valence-corrected chi connectivity index (χ4v) is 4.99. The molecule has 0 aliphatic heterocycles. The van der Waals surface area contributed by atoms with Gasteiger partial charge in [-0.2, -0.15) is 0 Å². The average molecular weight is 603 g/mol. The predicted octanol–water partition coefficient (Wildman–Crippen LogP) is 9.84. The van der Waals surface area contributed by atoms with E-state index in [1.165, 1.54) is 51.4 Å². The van der Waals surface area contributed by atoms with Crippen LogP contribution in [0.5, 0.6) is 11.5 Å². The Balaban J connectivity index is 1.55. The van der Waals surface area contributed by atoms with Crippen molar-refractivity contribution in [1.82, 2.24) is 0 Å². The molecule has 0 amide bonds. The van der Waals surface area contributed by atoms with Gasteiger partial charge in [0.25, 0.3) is 0 Å². The first-order valence-electron chi connectivity index (χ1n) is 16.5. The molecule has 0 spiro atoms. The van der Waals surface area contributed by atoms with Gasteiger partial charge in [-0.05, 0) is 67.8 Å². The lowest BCUT2D eigenvalue weighted by Gasteiger charge is -2.15. The summed E-state index contributed by atoms with van der Waals surface area (Å²) in [6, 6.07) is 21.8. The summed E-state index contributed by atoms with van der Waals surface area (Å²) in [4.78, 5) is 25.5. The third-order valence-corrected chi connectivity index (χ3v) is 7.62. The molecule has 3 aromatic carbocycles. The van der Waals surface area contributed by atoms with Crippen LogP contribution in [0.15, 0.2) is 72.8 Å². The van der Waals surface area contributed by atoms with Crippen molar-refractivity contribution in [2.75, 3.05) is 19.8 Å². The van der Waals surface area contributed by atoms with E-state index >= 15 is 0 Å². The van der Waals surface area contributed by atoms with Crippen molar-refractivity contribution < 1.29 is 28.5 Å². The molecule has 0 aliphatic carbocycles. The highest BCUT2D eigenvalue weighted by Crippen LogP contribution is 2.32. The van der Waals surface area contributed by atoms with Gasteiger partial charge in [0.15, 0.2) is 0 Å². The molecule has 0 saturated heterocycles. The standard InChI is InChI=1S/C38H50O6/c1-4-7-8-9-10-11-12-13-14-18-27-42-36-28-32(23-26-35(36)30-19-16-15-17-20-30)38(40)44-34-24-21-31(22-25-34)37(39)43-29-33(5-2)41-6-3/h15-17,19-26,28,33H,4-14,18,27,29H2,1-3H3/t33-/m0/s1. The normalized spacial score (nSPS) is 11.6. The van der Waals surface area contributed by atoms with Crippen molar-refractivity contribution in [3.63, 3.8) is 0 Å². The molecule has 3 rings (SSSR count). The molecule has 3 aromatic rings. The molecule has 1 atom stereocenters. The van der Waals surface area contributed by atoms with Crippen molar-refractivity contribution in [3.05, 3.63) is 83.9 Å². The van der Waals surface area contributed by atoms with Gasteiger partial charge in [0.1, 0.15) is 18.1 Å². The van der Waals surface area contributed by atoms with E-state index in [4.69, 9.17) is 18.9 Å². The van der Waals surface area contributed by atoms with Crippen LogP contribution in [0.25, 0.3) is 11.1 Å². The first kappa shape index (κ1) is 34.8. The summed E-state index contributed by atoms with van der Waals surface area (Å²) in [5, 5.41) is 0. The van der Waals surface area contributed by atoms with Crippen molar-refractivity contribution in [2.24, 2.45) is 0 Å². The third-order valence-electron chi connectivity index (χ3n) is 7.62. The minimum absolute atomic E-state index is 0.124. The third kappa shape index (κ3) is 12.2. The van der Waals surface area contributed by atoms with Crippen LogP contribution in [-0.2, 0) is 9.47 Å². The van der Waals surface area contributed by atoms with Gasteiger partial charge in [0.05, 0.1) is 23.8 Å². The van der Waals surface area contributed by atoms with Crippen molar-refractivity contribution in [1.29, 1.82) is 0 Å². The van der Waals surface area contributed by atoms with Crippen LogP contribution in [0.4, 0.5) is 0 Å². The Labute approximate surface area is 264 Å². The molecule has 0 bridgehead atoms. The molecule has 0 heterocycles. The van der Waals surface area contributed by atoms with E-state index < -0.39 is 11.9 Å². The topological polar surface area (TPSA) is 71.1 Å². The molecule has 6 nitrogen and oxygen atoms in total. The number of carbonyl (C=O) groups is 2. The van der Waals surface area contributed by atoms with E-state index in [1.54, 1.807) is 36.4 Å². The number of hydrogen-bond acceptors (Lipinski definition) is 6. The number of unbranched alkanes of at least 4 members (excludes halogenated alkanes) is 9. The van der Waals surface area contributed by atoms with Crippen LogP contribution in [0.3, 0.4) is 0 Å². The summed E-state index contributed by atoms with van der Waals surface area (Å²) in [6.07, 6.45) is 13.2. The van der Waals surface area contributed by atoms with Gasteiger partial charge in [-0.1, -0.05) is 102 Å². The van der Waals surface area contributed by atoms with E-state index in [1.807, 2.05) is 50.2 Å². The van der Waals surface area contributed by atoms with E-state index in [2.05, 4.69) is 6.92 Å². The van der Waals surface area contributed by atoms with Gasteiger partial charge in [-0.15, -0.1) is 0 Å². The number of hydrogen-bond donors (Lipinski definition) is 0. The highest BCUT2D eigenvalue weighted by Gasteiger charge is 2.16. The second kappa shape index (κ2) is 20.3. The Morgan fingerprint density at radius 2 is 1.32 bits per heavy atom. The molecular weight excluding hydrogens is 552 g/mol. The zero-order valence-electron chi connectivity index (χ0n) is 26.9. The monoisotopic (exact) mass is 602 g/mol. The van der Waals surface area contributed by atoms with E-state index in [-0.39, 0.29) is 12.7 Å². The molecule has 6 heteroatoms. The Kier molecular flexibility index (Phi) is 16.1. The summed E-state index contributed by atoms with van der Waals surface area (Å²) in [5.74, 6) is 0.0670. The quantitative estimate of drug-likeness (QED) is 0.0686. The van der Waals surface area contributed by atoms with Gasteiger partial charge in [0, 0.05) is 12.2 Å². The molecule has 0 saturated carbocycles. The summed E-state index contributed by atoms with van der Waals surface area (Å²) in [6.45, 7) is 7.51. The first-order chi connectivity index (χ1) is 21.5. The Morgan fingerprint density at radius 3 is 1.95 bits per heavy atom. The summed E-state index contributed by atoms with van der Waals surface area (Å²) in [7, 11) is 0. The Hall–Kier alpha value is -3.64. The van der Waals surface area contributed by atoms with E-state index in [0.29, 0.717) is 35.8 Å². The van der Waals surface area contributed by atoms with Crippen molar-refractivity contribution in [3.8, 4) is 22.6 Å².